The summed E-state index contributed by atoms with van der Waals surface area (Å²) < 4.78 is 1.53. The highest BCUT2D eigenvalue weighted by molar-refractivity contribution is 6.35. The van der Waals surface area contributed by atoms with E-state index in [9.17, 15) is 4.79 Å². The Hall–Kier alpha value is -1.56. The van der Waals surface area contributed by atoms with Crippen molar-refractivity contribution in [2.75, 3.05) is 19.7 Å². The predicted octanol–water partition coefficient (Wildman–Crippen LogP) is 2.63. The fraction of sp³-hybridized carbons (Fsp3) is 0.286. The third-order valence-corrected chi connectivity index (χ3v) is 3.56. The normalized spacial score (nSPS) is 10.7. The summed E-state index contributed by atoms with van der Waals surface area (Å²) in [5, 5.41) is 14.1. The first-order valence-electron chi connectivity index (χ1n) is 6.47. The Balaban J connectivity index is 2.27. The van der Waals surface area contributed by atoms with Gasteiger partial charge in [-0.3, -0.25) is 4.79 Å². The van der Waals surface area contributed by atoms with Crippen molar-refractivity contribution in [3.05, 3.63) is 46.2 Å². The van der Waals surface area contributed by atoms with Crippen LogP contribution in [0.5, 0.6) is 0 Å². The first-order valence-corrected chi connectivity index (χ1v) is 7.22. The number of carbonyl (C=O) groups excluding carboxylic acids is 1. The molecule has 0 radical (unpaired) electrons. The quantitative estimate of drug-likeness (QED) is 0.918. The molecule has 0 aliphatic rings. The van der Waals surface area contributed by atoms with Gasteiger partial charge in [-0.1, -0.05) is 23.2 Å². The number of nitrogens with zero attached hydrogens (tertiary/aromatic N) is 3. The molecule has 0 atom stereocenters. The number of benzene rings is 1. The molecule has 2 rings (SSSR count). The van der Waals surface area contributed by atoms with Crippen molar-refractivity contribution in [3.63, 3.8) is 0 Å². The zero-order valence-electron chi connectivity index (χ0n) is 11.5. The molecule has 1 aromatic heterocycles. The van der Waals surface area contributed by atoms with Crippen molar-refractivity contribution in [2.45, 2.75) is 6.92 Å². The summed E-state index contributed by atoms with van der Waals surface area (Å²) >= 11 is 12.0. The number of rotatable bonds is 5. The monoisotopic (exact) mass is 327 g/mol. The van der Waals surface area contributed by atoms with E-state index in [-0.39, 0.29) is 12.5 Å². The fourth-order valence-electron chi connectivity index (χ4n) is 1.94. The van der Waals surface area contributed by atoms with E-state index in [1.54, 1.807) is 29.3 Å². The second-order valence-electron chi connectivity index (χ2n) is 4.38. The van der Waals surface area contributed by atoms with Crippen LogP contribution < -0.4 is 0 Å². The minimum Gasteiger partial charge on any atom is -0.395 e. The van der Waals surface area contributed by atoms with Gasteiger partial charge in [0.15, 0.2) is 0 Å². The fourth-order valence-corrected chi connectivity index (χ4v) is 2.43. The minimum absolute atomic E-state index is 0.0727. The first kappa shape index (κ1) is 15.8. The Morgan fingerprint density at radius 2 is 2.19 bits per heavy atom. The molecular weight excluding hydrogens is 313 g/mol. The van der Waals surface area contributed by atoms with Crippen molar-refractivity contribution in [2.24, 2.45) is 0 Å². The number of likely N-dealkylation sites (N-methyl/N-ethyl adjacent to an activating group) is 1. The van der Waals surface area contributed by atoms with Crippen LogP contribution in [-0.2, 0) is 0 Å². The van der Waals surface area contributed by atoms with Gasteiger partial charge < -0.3 is 10.0 Å². The third kappa shape index (κ3) is 3.56. The topological polar surface area (TPSA) is 58.4 Å². The summed E-state index contributed by atoms with van der Waals surface area (Å²) in [5.74, 6) is -0.178. The van der Waals surface area contributed by atoms with Gasteiger partial charge in [0.1, 0.15) is 0 Å². The molecular formula is C14H15Cl2N3O2. The molecule has 0 unspecified atom stereocenters. The van der Waals surface area contributed by atoms with Gasteiger partial charge in [-0.2, -0.15) is 5.10 Å². The second-order valence-corrected chi connectivity index (χ2v) is 5.22. The van der Waals surface area contributed by atoms with Gasteiger partial charge in [-0.25, -0.2) is 4.68 Å². The highest BCUT2D eigenvalue weighted by Crippen LogP contribution is 2.24. The number of aromatic nitrogens is 2. The van der Waals surface area contributed by atoms with Gasteiger partial charge in [0.05, 0.1) is 29.1 Å². The maximum Gasteiger partial charge on any atom is 0.257 e. The average molecular weight is 328 g/mol. The first-order chi connectivity index (χ1) is 10.1. The average Bonchev–Trinajstić information content (AvgIpc) is 2.93. The number of carbonyl (C=O) groups is 1. The molecule has 0 aliphatic carbocycles. The Morgan fingerprint density at radius 1 is 1.43 bits per heavy atom. The summed E-state index contributed by atoms with van der Waals surface area (Å²) in [6.07, 6.45) is 3.09. The van der Waals surface area contributed by atoms with E-state index in [0.29, 0.717) is 34.4 Å². The lowest BCUT2D eigenvalue weighted by molar-refractivity contribution is 0.0732. The molecule has 0 saturated heterocycles. The van der Waals surface area contributed by atoms with Crippen molar-refractivity contribution in [1.29, 1.82) is 0 Å². The largest absolute Gasteiger partial charge is 0.395 e. The van der Waals surface area contributed by atoms with E-state index >= 15 is 0 Å². The van der Waals surface area contributed by atoms with Gasteiger partial charge >= 0.3 is 0 Å². The molecule has 0 aliphatic heterocycles. The van der Waals surface area contributed by atoms with Gasteiger partial charge in [0.25, 0.3) is 5.91 Å². The standard InChI is InChI=1S/C14H15Cl2N3O2/c1-2-18(5-6-20)14(21)10-8-17-19(9-10)13-4-3-11(15)7-12(13)16/h3-4,7-9,20H,2,5-6H2,1H3. The van der Waals surface area contributed by atoms with Crippen LogP contribution in [0.4, 0.5) is 0 Å². The molecule has 112 valence electrons. The molecule has 7 heteroatoms. The van der Waals surface area contributed by atoms with E-state index in [2.05, 4.69) is 5.10 Å². The van der Waals surface area contributed by atoms with Gasteiger partial charge in [-0.05, 0) is 25.1 Å². The van der Waals surface area contributed by atoms with E-state index < -0.39 is 0 Å². The molecule has 0 saturated carbocycles. The van der Waals surface area contributed by atoms with Gasteiger partial charge in [0, 0.05) is 24.3 Å². The molecule has 1 aromatic carbocycles. The highest BCUT2D eigenvalue weighted by Gasteiger charge is 2.16. The molecule has 21 heavy (non-hydrogen) atoms. The Labute approximate surface area is 132 Å². The van der Waals surface area contributed by atoms with Crippen LogP contribution in [0.1, 0.15) is 17.3 Å². The molecule has 0 fully saturated rings. The molecule has 0 spiro atoms. The van der Waals surface area contributed by atoms with E-state index in [0.717, 1.165) is 0 Å². The second kappa shape index (κ2) is 6.93. The van der Waals surface area contributed by atoms with Crippen molar-refractivity contribution >= 4 is 29.1 Å². The van der Waals surface area contributed by atoms with Gasteiger partial charge in [-0.15, -0.1) is 0 Å². The number of aliphatic hydroxyl groups is 1. The summed E-state index contributed by atoms with van der Waals surface area (Å²) in [6.45, 7) is 2.60. The van der Waals surface area contributed by atoms with Crippen LogP contribution in [0.15, 0.2) is 30.6 Å². The van der Waals surface area contributed by atoms with Crippen LogP contribution in [0, 0.1) is 0 Å². The van der Waals surface area contributed by atoms with Gasteiger partial charge in [0.2, 0.25) is 0 Å². The van der Waals surface area contributed by atoms with E-state index in [1.165, 1.54) is 10.9 Å². The lowest BCUT2D eigenvalue weighted by atomic mass is 10.3. The van der Waals surface area contributed by atoms with Crippen molar-refractivity contribution in [3.8, 4) is 5.69 Å². The maximum atomic E-state index is 12.3. The molecule has 2 aromatic rings. The van der Waals surface area contributed by atoms with Crippen LogP contribution in [0.25, 0.3) is 5.69 Å². The smallest absolute Gasteiger partial charge is 0.257 e. The number of aliphatic hydroxyl groups excluding tert-OH is 1. The summed E-state index contributed by atoms with van der Waals surface area (Å²) in [7, 11) is 0. The molecule has 1 heterocycles. The SMILES string of the molecule is CCN(CCO)C(=O)c1cnn(-c2ccc(Cl)cc2Cl)c1. The number of hydrogen-bond donors (Lipinski definition) is 1. The summed E-state index contributed by atoms with van der Waals surface area (Å²) in [4.78, 5) is 13.8. The van der Waals surface area contributed by atoms with Crippen molar-refractivity contribution in [1.82, 2.24) is 14.7 Å². The Kier molecular flexibility index (Phi) is 5.22. The number of amides is 1. The molecule has 5 nitrogen and oxygen atoms in total. The minimum atomic E-state index is -0.178. The molecule has 1 N–H and O–H groups in total. The van der Waals surface area contributed by atoms with E-state index in [1.807, 2.05) is 6.92 Å². The van der Waals surface area contributed by atoms with Crippen molar-refractivity contribution < 1.29 is 9.90 Å². The summed E-state index contributed by atoms with van der Waals surface area (Å²) in [5.41, 5.74) is 1.08. The lowest BCUT2D eigenvalue weighted by Gasteiger charge is -2.18. The van der Waals surface area contributed by atoms with Crippen LogP contribution in [-0.4, -0.2) is 45.4 Å². The van der Waals surface area contributed by atoms with Crippen LogP contribution >= 0.6 is 23.2 Å². The maximum absolute atomic E-state index is 12.3. The summed E-state index contributed by atoms with van der Waals surface area (Å²) in [6, 6.07) is 5.05. The third-order valence-electron chi connectivity index (χ3n) is 3.02. The number of hydrogen-bond acceptors (Lipinski definition) is 3. The Bertz CT molecular complexity index is 643. The van der Waals surface area contributed by atoms with E-state index in [4.69, 9.17) is 28.3 Å². The predicted molar refractivity (Wildman–Crippen MR) is 82.2 cm³/mol. The lowest BCUT2D eigenvalue weighted by Crippen LogP contribution is -2.33. The van der Waals surface area contributed by atoms with Crippen LogP contribution in [0.3, 0.4) is 0 Å². The zero-order valence-corrected chi connectivity index (χ0v) is 13.0. The van der Waals surface area contributed by atoms with Crippen LogP contribution in [0.2, 0.25) is 10.0 Å². The highest BCUT2D eigenvalue weighted by atomic mass is 35.5. The molecule has 1 amide bonds. The zero-order chi connectivity index (χ0) is 15.4. The Morgan fingerprint density at radius 3 is 2.81 bits per heavy atom. The number of halogens is 2. The molecule has 0 bridgehead atoms.